The molecule has 2 unspecified atom stereocenters. The van der Waals surface area contributed by atoms with E-state index in [1.54, 1.807) is 104 Å². The predicted molar refractivity (Wildman–Crippen MR) is 177 cm³/mol. The summed E-state index contributed by atoms with van der Waals surface area (Å²) >= 11 is 0. The Kier molecular flexibility index (Phi) is 9.23. The molecule has 0 spiro atoms. The largest absolute Gasteiger partial charge is 0.453 e. The average Bonchev–Trinajstić information content (AvgIpc) is 3.80. The van der Waals surface area contributed by atoms with Crippen molar-refractivity contribution >= 4 is 23.5 Å². The van der Waals surface area contributed by atoms with Crippen molar-refractivity contribution in [2.75, 3.05) is 0 Å². The second-order valence-electron chi connectivity index (χ2n) is 15.4. The number of carbonyl (C=O) groups is 4. The molecule has 2 aliphatic carbocycles. The number of rotatable bonds is 4. The number of hydrogen-bond acceptors (Lipinski definition) is 14. The van der Waals surface area contributed by atoms with Gasteiger partial charge in [0.05, 0.1) is 11.1 Å². The third-order valence-electron chi connectivity index (χ3n) is 9.44. The summed E-state index contributed by atoms with van der Waals surface area (Å²) < 4.78 is 58.1. The van der Waals surface area contributed by atoms with Crippen molar-refractivity contribution in [3.63, 3.8) is 0 Å². The van der Waals surface area contributed by atoms with Crippen LogP contribution in [0.15, 0.2) is 60.7 Å². The highest BCUT2D eigenvalue weighted by molar-refractivity contribution is 5.93. The van der Waals surface area contributed by atoms with Crippen LogP contribution < -0.4 is 0 Å². The van der Waals surface area contributed by atoms with Gasteiger partial charge in [-0.1, -0.05) is 36.4 Å². The molecule has 6 fully saturated rings. The van der Waals surface area contributed by atoms with Gasteiger partial charge in [-0.05, 0) is 79.7 Å². The average molecular weight is 725 g/mol. The zero-order valence-electron chi connectivity index (χ0n) is 30.3. The molecule has 2 aromatic rings. The zero-order valence-corrected chi connectivity index (χ0v) is 30.3. The molecule has 0 radical (unpaired) electrons. The van der Waals surface area contributed by atoms with E-state index in [4.69, 9.17) is 47.4 Å². The molecule has 4 saturated heterocycles. The fourth-order valence-corrected chi connectivity index (χ4v) is 7.50. The standard InChI is InChI=1S/2C19H22O7/c2*1-18(2)23-12-11(20)13-16(26-19(3,4)24-13)14(15(12)25-18)22-17(21)10-8-6-5-7-9-10/h2*5-9,12-16H,1-4H3/t2*12-,13+,14?,15-,16+. The number of benzene rings is 2. The van der Waals surface area contributed by atoms with Gasteiger partial charge in [-0.15, -0.1) is 0 Å². The maximum absolute atomic E-state index is 12.8. The van der Waals surface area contributed by atoms with Crippen molar-refractivity contribution in [1.29, 1.82) is 0 Å². The molecule has 4 heterocycles. The monoisotopic (exact) mass is 724 g/mol. The fraction of sp³-hybridized carbons (Fsp3) is 0.579. The highest BCUT2D eigenvalue weighted by atomic mass is 16.8. The van der Waals surface area contributed by atoms with E-state index in [0.29, 0.717) is 11.1 Å². The Balaban J connectivity index is 0.000000162. The van der Waals surface area contributed by atoms with Crippen molar-refractivity contribution in [2.45, 2.75) is 140 Å². The number of Topliss-reactive ketones (excluding diaryl/α,β-unsaturated/α-hetero) is 2. The molecule has 0 N–H and O–H groups in total. The zero-order chi connectivity index (χ0) is 37.4. The lowest BCUT2D eigenvalue weighted by atomic mass is 9.86. The van der Waals surface area contributed by atoms with E-state index in [1.165, 1.54) is 0 Å². The van der Waals surface area contributed by atoms with E-state index in [0.717, 1.165) is 0 Å². The first kappa shape index (κ1) is 36.7. The topological polar surface area (TPSA) is 161 Å². The molecular formula is C38H44O14. The second kappa shape index (κ2) is 13.1. The van der Waals surface area contributed by atoms with Gasteiger partial charge in [0.25, 0.3) is 0 Å². The molecule has 2 saturated carbocycles. The number of ketones is 2. The van der Waals surface area contributed by atoms with Gasteiger partial charge in [0, 0.05) is 0 Å². The summed E-state index contributed by atoms with van der Waals surface area (Å²) in [4.78, 5) is 50.8. The number of hydrogen-bond donors (Lipinski definition) is 0. The molecule has 52 heavy (non-hydrogen) atoms. The first-order chi connectivity index (χ1) is 24.3. The van der Waals surface area contributed by atoms with Gasteiger partial charge >= 0.3 is 11.9 Å². The van der Waals surface area contributed by atoms with E-state index in [2.05, 4.69) is 0 Å². The predicted octanol–water partition coefficient (Wildman–Crippen LogP) is 3.67. The van der Waals surface area contributed by atoms with E-state index in [1.807, 2.05) is 12.1 Å². The number of ether oxygens (including phenoxy) is 10. The minimum Gasteiger partial charge on any atom is -0.453 e. The van der Waals surface area contributed by atoms with Crippen LogP contribution in [-0.2, 0) is 57.0 Å². The number of fused-ring (bicyclic) bond motifs is 4. The van der Waals surface area contributed by atoms with Crippen LogP contribution in [0, 0.1) is 0 Å². The SMILES string of the molecule is CC1(C)O[C@@H]2C(OC(=O)c3ccccc3)[C@@H]3OC(C)(C)O[C@@H]3C(=O)[C@@H]2O1.CC1(C)O[C@@H]2C(OC(=O)c3ccccc3)[C@@H]3OC(C)(C)O[C@@H]3C(=O)[C@@H]2O1. The maximum atomic E-state index is 12.8. The van der Waals surface area contributed by atoms with Crippen LogP contribution in [0.2, 0.25) is 0 Å². The van der Waals surface area contributed by atoms with Gasteiger partial charge in [-0.2, -0.15) is 0 Å². The molecule has 0 amide bonds. The van der Waals surface area contributed by atoms with Gasteiger partial charge in [-0.3, -0.25) is 9.59 Å². The van der Waals surface area contributed by atoms with Crippen LogP contribution in [0.5, 0.6) is 0 Å². The number of esters is 2. The summed E-state index contributed by atoms with van der Waals surface area (Å²) in [6.45, 7) is 13.7. The number of carbonyl (C=O) groups excluding carboxylic acids is 4. The Morgan fingerprint density at radius 2 is 0.692 bits per heavy atom. The lowest BCUT2D eigenvalue weighted by Crippen LogP contribution is -2.60. The molecule has 14 nitrogen and oxygen atoms in total. The molecule has 8 rings (SSSR count). The minimum absolute atomic E-state index is 0.247. The van der Waals surface area contributed by atoms with Gasteiger partial charge in [0.2, 0.25) is 0 Å². The van der Waals surface area contributed by atoms with Crippen molar-refractivity contribution in [2.24, 2.45) is 0 Å². The molecule has 2 aromatic carbocycles. The Morgan fingerprint density at radius 3 is 0.942 bits per heavy atom. The fourth-order valence-electron chi connectivity index (χ4n) is 7.50. The molecule has 14 heteroatoms. The summed E-state index contributed by atoms with van der Waals surface area (Å²) in [7, 11) is 0. The maximum Gasteiger partial charge on any atom is 0.338 e. The van der Waals surface area contributed by atoms with Crippen molar-refractivity contribution in [1.82, 2.24) is 0 Å². The van der Waals surface area contributed by atoms with Crippen LogP contribution in [0.25, 0.3) is 0 Å². The lowest BCUT2D eigenvalue weighted by molar-refractivity contribution is -0.181. The molecule has 10 atom stereocenters. The third kappa shape index (κ3) is 7.06. The third-order valence-corrected chi connectivity index (χ3v) is 9.44. The Morgan fingerprint density at radius 1 is 0.442 bits per heavy atom. The molecular weight excluding hydrogens is 680 g/mol. The highest BCUT2D eigenvalue weighted by Gasteiger charge is 2.66. The van der Waals surface area contributed by atoms with Crippen LogP contribution in [0.1, 0.15) is 76.1 Å². The van der Waals surface area contributed by atoms with Crippen molar-refractivity contribution in [3.8, 4) is 0 Å². The minimum atomic E-state index is -0.962. The smallest absolute Gasteiger partial charge is 0.338 e. The van der Waals surface area contributed by atoms with Crippen molar-refractivity contribution in [3.05, 3.63) is 71.8 Å². The van der Waals surface area contributed by atoms with Crippen LogP contribution in [0.4, 0.5) is 0 Å². The summed E-state index contributed by atoms with van der Waals surface area (Å²) in [5.74, 6) is -5.36. The summed E-state index contributed by atoms with van der Waals surface area (Å²) in [6, 6.07) is 17.3. The molecule has 0 aromatic heterocycles. The Hall–Kier alpha value is -3.60. The van der Waals surface area contributed by atoms with Crippen LogP contribution in [0.3, 0.4) is 0 Å². The summed E-state index contributed by atoms with van der Waals surface area (Å²) in [5, 5.41) is 0. The van der Waals surface area contributed by atoms with Crippen LogP contribution >= 0.6 is 0 Å². The molecule has 6 aliphatic rings. The van der Waals surface area contributed by atoms with E-state index in [-0.39, 0.29) is 11.6 Å². The Bertz CT molecular complexity index is 1510. The summed E-state index contributed by atoms with van der Waals surface area (Å²) in [6.07, 6.45) is -8.08. The Labute approximate surface area is 301 Å². The van der Waals surface area contributed by atoms with Crippen molar-refractivity contribution < 1.29 is 66.5 Å². The van der Waals surface area contributed by atoms with E-state index in [9.17, 15) is 19.2 Å². The highest BCUT2D eigenvalue weighted by Crippen LogP contribution is 2.45. The summed E-state index contributed by atoms with van der Waals surface area (Å²) in [5.41, 5.74) is 0.822. The first-order valence-electron chi connectivity index (χ1n) is 17.4. The molecule has 280 valence electrons. The first-order valence-corrected chi connectivity index (χ1v) is 17.4. The quantitative estimate of drug-likeness (QED) is 0.420. The second-order valence-corrected chi connectivity index (χ2v) is 15.4. The van der Waals surface area contributed by atoms with Gasteiger partial charge in [-0.25, -0.2) is 9.59 Å². The lowest BCUT2D eigenvalue weighted by Gasteiger charge is -2.36. The van der Waals surface area contributed by atoms with E-state index >= 15 is 0 Å². The molecule has 0 bridgehead atoms. The van der Waals surface area contributed by atoms with Crippen LogP contribution in [-0.4, -0.2) is 108 Å². The normalized spacial score (nSPS) is 37.1. The van der Waals surface area contributed by atoms with Gasteiger partial charge in [0.1, 0.15) is 24.4 Å². The van der Waals surface area contributed by atoms with Gasteiger partial charge in [0.15, 0.2) is 71.3 Å². The molecule has 4 aliphatic heterocycles. The van der Waals surface area contributed by atoms with E-state index < -0.39 is 96.1 Å². The van der Waals surface area contributed by atoms with Gasteiger partial charge < -0.3 is 47.4 Å².